The van der Waals surface area contributed by atoms with Crippen molar-refractivity contribution < 1.29 is 18.1 Å². The molecule has 0 radical (unpaired) electrons. The Morgan fingerprint density at radius 1 is 1.39 bits per heavy atom. The van der Waals surface area contributed by atoms with Crippen molar-refractivity contribution in [2.75, 3.05) is 5.32 Å². The van der Waals surface area contributed by atoms with Gasteiger partial charge < -0.3 is 5.32 Å². The molecule has 7 heteroatoms. The summed E-state index contributed by atoms with van der Waals surface area (Å²) in [7, 11) is 0. The molecule has 0 atom stereocenters. The van der Waals surface area contributed by atoms with Crippen molar-refractivity contribution >= 4 is 11.4 Å². The normalized spacial score (nSPS) is 17.3. The minimum atomic E-state index is -4.40. The first kappa shape index (κ1) is 12.7. The Morgan fingerprint density at radius 3 is 2.44 bits per heavy atom. The lowest BCUT2D eigenvalue weighted by Gasteiger charge is -2.22. The van der Waals surface area contributed by atoms with Crippen molar-refractivity contribution in [3.05, 3.63) is 33.9 Å². The Kier molecular flexibility index (Phi) is 2.71. The molecule has 0 heterocycles. The molecule has 0 unspecified atom stereocenters. The molecular formula is C11H11F3N2O2. The maximum absolute atomic E-state index is 12.8. The second-order valence-electron chi connectivity index (χ2n) is 4.43. The maximum atomic E-state index is 12.8. The van der Waals surface area contributed by atoms with E-state index in [4.69, 9.17) is 0 Å². The van der Waals surface area contributed by atoms with Gasteiger partial charge in [-0.15, -0.1) is 0 Å². The van der Waals surface area contributed by atoms with Gasteiger partial charge in [-0.05, 0) is 25.8 Å². The molecule has 1 aliphatic carbocycles. The summed E-state index contributed by atoms with van der Waals surface area (Å²) in [6.45, 7) is 1.50. The maximum Gasteiger partial charge on any atom is 0.411 e. The van der Waals surface area contributed by atoms with Crippen molar-refractivity contribution in [1.29, 1.82) is 0 Å². The molecule has 1 aromatic carbocycles. The molecule has 0 aromatic heterocycles. The van der Waals surface area contributed by atoms with Gasteiger partial charge >= 0.3 is 6.18 Å². The molecule has 98 valence electrons. The number of nitrogens with zero attached hydrogens (tertiary/aromatic N) is 1. The molecule has 4 nitrogen and oxygen atoms in total. The average Bonchev–Trinajstić information content (AvgIpc) is 2.97. The first-order chi connectivity index (χ1) is 8.27. The monoisotopic (exact) mass is 260 g/mol. The van der Waals surface area contributed by atoms with Crippen LogP contribution in [0.25, 0.3) is 0 Å². The Bertz CT molecular complexity index is 496. The van der Waals surface area contributed by atoms with Crippen LogP contribution < -0.4 is 5.32 Å². The highest BCUT2D eigenvalue weighted by atomic mass is 19.4. The van der Waals surface area contributed by atoms with E-state index in [1.165, 1.54) is 25.1 Å². The minimum absolute atomic E-state index is 0.0540. The Balaban J connectivity index is 2.36. The van der Waals surface area contributed by atoms with Crippen LogP contribution in [0.5, 0.6) is 0 Å². The van der Waals surface area contributed by atoms with E-state index in [-0.39, 0.29) is 24.2 Å². The molecule has 0 amide bonds. The highest BCUT2D eigenvalue weighted by molar-refractivity contribution is 5.67. The van der Waals surface area contributed by atoms with Gasteiger partial charge in [0.2, 0.25) is 0 Å². The van der Waals surface area contributed by atoms with Crippen LogP contribution in [0.1, 0.15) is 18.4 Å². The number of benzene rings is 1. The van der Waals surface area contributed by atoms with Gasteiger partial charge in [0, 0.05) is 5.56 Å². The number of aryl methyl sites for hydroxylation is 1. The van der Waals surface area contributed by atoms with Crippen LogP contribution in [-0.2, 0) is 0 Å². The molecule has 1 aromatic rings. The molecule has 1 fully saturated rings. The van der Waals surface area contributed by atoms with Gasteiger partial charge in [0.15, 0.2) is 0 Å². The lowest BCUT2D eigenvalue weighted by atomic mass is 10.1. The molecule has 1 saturated carbocycles. The first-order valence-corrected chi connectivity index (χ1v) is 5.36. The number of hydrogen-bond donors (Lipinski definition) is 1. The SMILES string of the molecule is Cc1cccc(NC2(C(F)(F)F)CC2)c1[N+](=O)[O-]. The Hall–Kier alpha value is -1.79. The number of nitro benzene ring substituents is 1. The summed E-state index contributed by atoms with van der Waals surface area (Å²) in [5.74, 6) is 0. The van der Waals surface area contributed by atoms with Crippen LogP contribution in [0.3, 0.4) is 0 Å². The summed E-state index contributed by atoms with van der Waals surface area (Å²) in [5, 5.41) is 13.2. The van der Waals surface area contributed by atoms with Crippen molar-refractivity contribution in [2.45, 2.75) is 31.5 Å². The highest BCUT2D eigenvalue weighted by Gasteiger charge is 2.64. The fourth-order valence-electron chi connectivity index (χ4n) is 1.86. The minimum Gasteiger partial charge on any atom is -0.366 e. The molecule has 0 bridgehead atoms. The Labute approximate surface area is 101 Å². The second kappa shape index (κ2) is 3.86. The van der Waals surface area contributed by atoms with Gasteiger partial charge in [-0.2, -0.15) is 13.2 Å². The van der Waals surface area contributed by atoms with E-state index >= 15 is 0 Å². The van der Waals surface area contributed by atoms with Gasteiger partial charge in [-0.25, -0.2) is 0 Å². The molecule has 0 aliphatic heterocycles. The van der Waals surface area contributed by atoms with E-state index in [9.17, 15) is 23.3 Å². The summed E-state index contributed by atoms with van der Waals surface area (Å²) in [4.78, 5) is 10.2. The van der Waals surface area contributed by atoms with Crippen LogP contribution in [-0.4, -0.2) is 16.6 Å². The van der Waals surface area contributed by atoms with Gasteiger partial charge in [0.25, 0.3) is 5.69 Å². The lowest BCUT2D eigenvalue weighted by Crippen LogP contribution is -2.38. The third-order valence-corrected chi connectivity index (χ3v) is 3.09. The first-order valence-electron chi connectivity index (χ1n) is 5.36. The van der Waals surface area contributed by atoms with E-state index in [1.807, 2.05) is 0 Å². The van der Waals surface area contributed by atoms with Crippen LogP contribution >= 0.6 is 0 Å². The molecule has 2 rings (SSSR count). The summed E-state index contributed by atoms with van der Waals surface area (Å²) in [6.07, 6.45) is -4.51. The topological polar surface area (TPSA) is 55.2 Å². The summed E-state index contributed by atoms with van der Waals surface area (Å²) in [5.41, 5.74) is -2.03. The highest BCUT2D eigenvalue weighted by Crippen LogP contribution is 2.52. The van der Waals surface area contributed by atoms with Crippen molar-refractivity contribution in [2.24, 2.45) is 0 Å². The second-order valence-corrected chi connectivity index (χ2v) is 4.43. The zero-order chi connectivity index (χ0) is 13.6. The standard InChI is InChI=1S/C11H11F3N2O2/c1-7-3-2-4-8(9(7)16(17)18)15-10(5-6-10)11(12,13)14/h2-4,15H,5-6H2,1H3. The summed E-state index contributed by atoms with van der Waals surface area (Å²) >= 11 is 0. The van der Waals surface area contributed by atoms with E-state index in [0.29, 0.717) is 5.56 Å². The number of nitrogens with one attached hydrogen (secondary N) is 1. The predicted molar refractivity (Wildman–Crippen MR) is 59.5 cm³/mol. The fourth-order valence-corrected chi connectivity index (χ4v) is 1.86. The van der Waals surface area contributed by atoms with E-state index < -0.39 is 16.6 Å². The van der Waals surface area contributed by atoms with E-state index in [1.54, 1.807) is 0 Å². The molecule has 18 heavy (non-hydrogen) atoms. The number of alkyl halides is 3. The summed E-state index contributed by atoms with van der Waals surface area (Å²) in [6, 6.07) is 4.30. The largest absolute Gasteiger partial charge is 0.411 e. The zero-order valence-corrected chi connectivity index (χ0v) is 9.54. The van der Waals surface area contributed by atoms with Gasteiger partial charge in [-0.3, -0.25) is 10.1 Å². The van der Waals surface area contributed by atoms with E-state index in [0.717, 1.165) is 0 Å². The third-order valence-electron chi connectivity index (χ3n) is 3.09. The van der Waals surface area contributed by atoms with Gasteiger partial charge in [-0.1, -0.05) is 12.1 Å². The number of anilines is 1. The summed E-state index contributed by atoms with van der Waals surface area (Å²) < 4.78 is 38.3. The van der Waals surface area contributed by atoms with Crippen molar-refractivity contribution in [3.63, 3.8) is 0 Å². The molecule has 0 saturated heterocycles. The fraction of sp³-hybridized carbons (Fsp3) is 0.455. The van der Waals surface area contributed by atoms with Crippen LogP contribution in [0.4, 0.5) is 24.5 Å². The van der Waals surface area contributed by atoms with E-state index in [2.05, 4.69) is 5.32 Å². The smallest absolute Gasteiger partial charge is 0.366 e. The molecule has 1 N–H and O–H groups in total. The molecule has 0 spiro atoms. The quantitative estimate of drug-likeness (QED) is 0.669. The van der Waals surface area contributed by atoms with Crippen LogP contribution in [0.15, 0.2) is 18.2 Å². The van der Waals surface area contributed by atoms with Crippen molar-refractivity contribution in [1.82, 2.24) is 0 Å². The van der Waals surface area contributed by atoms with Crippen LogP contribution in [0.2, 0.25) is 0 Å². The van der Waals surface area contributed by atoms with Crippen LogP contribution in [0, 0.1) is 17.0 Å². The van der Waals surface area contributed by atoms with Gasteiger partial charge in [0.05, 0.1) is 4.92 Å². The average molecular weight is 260 g/mol. The van der Waals surface area contributed by atoms with Gasteiger partial charge in [0.1, 0.15) is 11.2 Å². The number of nitro groups is 1. The number of halogens is 3. The molecular weight excluding hydrogens is 249 g/mol. The Morgan fingerprint density at radius 2 is 2.00 bits per heavy atom. The number of rotatable bonds is 3. The number of hydrogen-bond acceptors (Lipinski definition) is 3. The number of para-hydroxylation sites is 1. The third kappa shape index (κ3) is 2.00. The van der Waals surface area contributed by atoms with Crippen molar-refractivity contribution in [3.8, 4) is 0 Å². The zero-order valence-electron chi connectivity index (χ0n) is 9.54. The lowest BCUT2D eigenvalue weighted by molar-refractivity contribution is -0.384. The predicted octanol–water partition coefficient (Wildman–Crippen LogP) is 3.41. The molecule has 1 aliphatic rings.